The molecular weight excluding hydrogens is 339 g/mol. The Morgan fingerprint density at radius 1 is 1.52 bits per heavy atom. The Morgan fingerprint density at radius 3 is 2.83 bits per heavy atom. The van der Waals surface area contributed by atoms with E-state index in [1.807, 2.05) is 13.2 Å². The van der Waals surface area contributed by atoms with E-state index >= 15 is 0 Å². The van der Waals surface area contributed by atoms with Crippen molar-refractivity contribution in [1.29, 1.82) is 0 Å². The van der Waals surface area contributed by atoms with Crippen LogP contribution < -0.4 is 11.1 Å². The maximum atomic E-state index is 14.2. The summed E-state index contributed by atoms with van der Waals surface area (Å²) in [5.74, 6) is 0.0373. The number of hydrogen-bond acceptors (Lipinski definition) is 4. The molecule has 1 amide bonds. The Hall–Kier alpha value is -1.57. The zero-order valence-electron chi connectivity index (χ0n) is 13.0. The van der Waals surface area contributed by atoms with Crippen LogP contribution in [0.1, 0.15) is 12.0 Å². The highest BCUT2D eigenvalue weighted by Crippen LogP contribution is 2.18. The number of nitrogens with two attached hydrogens (primary N) is 1. The summed E-state index contributed by atoms with van der Waals surface area (Å²) in [5, 5.41) is 6.70. The number of nitrogens with zero attached hydrogens (tertiary/aromatic N) is 2. The summed E-state index contributed by atoms with van der Waals surface area (Å²) in [6.45, 7) is 1.88. The standard InChI is InChI=1S/C15H19FN4OS.ClH/c1-10-8-18-20(9-10)14-4-3-11(7-12(14)16)19-15(21)13(17)5-6-22-2;/h3-4,7-9,13H,5-6,17H2,1-2H3,(H,19,21);1H/t13-;/m0./s1. The molecule has 0 saturated carbocycles. The van der Waals surface area contributed by atoms with E-state index < -0.39 is 11.9 Å². The number of aromatic nitrogens is 2. The Balaban J connectivity index is 0.00000264. The molecule has 0 saturated heterocycles. The van der Waals surface area contributed by atoms with Crippen LogP contribution in [-0.4, -0.2) is 33.7 Å². The summed E-state index contributed by atoms with van der Waals surface area (Å²) in [6.07, 6.45) is 5.92. The zero-order chi connectivity index (χ0) is 16.1. The van der Waals surface area contributed by atoms with E-state index in [2.05, 4.69) is 10.4 Å². The lowest BCUT2D eigenvalue weighted by Gasteiger charge is -2.12. The van der Waals surface area contributed by atoms with Crippen LogP contribution in [0.3, 0.4) is 0 Å². The lowest BCUT2D eigenvalue weighted by atomic mass is 10.2. The van der Waals surface area contributed by atoms with Crippen molar-refractivity contribution >= 4 is 35.8 Å². The SMILES string of the molecule is CSCC[C@H](N)C(=O)Nc1ccc(-n2cc(C)cn2)c(F)c1.Cl. The largest absolute Gasteiger partial charge is 0.325 e. The molecule has 1 atom stereocenters. The van der Waals surface area contributed by atoms with Crippen LogP contribution in [0.15, 0.2) is 30.6 Å². The predicted molar refractivity (Wildman–Crippen MR) is 95.1 cm³/mol. The first-order valence-electron chi connectivity index (χ1n) is 6.88. The Morgan fingerprint density at radius 2 is 2.26 bits per heavy atom. The molecule has 3 N–H and O–H groups in total. The number of benzene rings is 1. The lowest BCUT2D eigenvalue weighted by Crippen LogP contribution is -2.36. The summed E-state index contributed by atoms with van der Waals surface area (Å²) >= 11 is 1.63. The van der Waals surface area contributed by atoms with E-state index in [0.717, 1.165) is 11.3 Å². The number of carbonyl (C=O) groups excluding carboxylic acids is 1. The minimum atomic E-state index is -0.594. The van der Waals surface area contributed by atoms with Gasteiger partial charge in [-0.05, 0) is 49.1 Å². The van der Waals surface area contributed by atoms with Gasteiger partial charge in [0.1, 0.15) is 5.69 Å². The van der Waals surface area contributed by atoms with Crippen LogP contribution in [0.2, 0.25) is 0 Å². The highest BCUT2D eigenvalue weighted by Gasteiger charge is 2.14. The van der Waals surface area contributed by atoms with E-state index in [1.54, 1.807) is 36.3 Å². The fourth-order valence-corrected chi connectivity index (χ4v) is 2.42. The van der Waals surface area contributed by atoms with E-state index in [4.69, 9.17) is 5.73 Å². The molecule has 0 aliphatic carbocycles. The van der Waals surface area contributed by atoms with Gasteiger partial charge in [0.25, 0.3) is 0 Å². The van der Waals surface area contributed by atoms with Gasteiger partial charge in [-0.1, -0.05) is 0 Å². The van der Waals surface area contributed by atoms with Crippen LogP contribution in [0, 0.1) is 12.7 Å². The summed E-state index contributed by atoms with van der Waals surface area (Å²) in [4.78, 5) is 11.9. The van der Waals surface area contributed by atoms with Gasteiger partial charge in [-0.3, -0.25) is 4.79 Å². The summed E-state index contributed by atoms with van der Waals surface area (Å²) in [7, 11) is 0. The topological polar surface area (TPSA) is 72.9 Å². The van der Waals surface area contributed by atoms with Crippen molar-refractivity contribution in [2.45, 2.75) is 19.4 Å². The summed E-state index contributed by atoms with van der Waals surface area (Å²) in [6, 6.07) is 3.88. The number of nitrogens with one attached hydrogen (secondary N) is 1. The molecule has 2 aromatic rings. The first kappa shape index (κ1) is 19.5. The minimum Gasteiger partial charge on any atom is -0.325 e. The van der Waals surface area contributed by atoms with Crippen LogP contribution in [0.5, 0.6) is 0 Å². The van der Waals surface area contributed by atoms with Crippen molar-refractivity contribution in [1.82, 2.24) is 9.78 Å². The molecule has 5 nitrogen and oxygen atoms in total. The van der Waals surface area contributed by atoms with Gasteiger partial charge in [0.15, 0.2) is 5.82 Å². The average Bonchev–Trinajstić information content (AvgIpc) is 2.91. The third-order valence-corrected chi connectivity index (χ3v) is 3.79. The fourth-order valence-electron chi connectivity index (χ4n) is 1.93. The van der Waals surface area contributed by atoms with Crippen LogP contribution in [0.4, 0.5) is 10.1 Å². The van der Waals surface area contributed by atoms with Gasteiger partial charge in [0.05, 0.1) is 12.2 Å². The second kappa shape index (κ2) is 8.90. The van der Waals surface area contributed by atoms with Crippen molar-refractivity contribution < 1.29 is 9.18 Å². The first-order valence-corrected chi connectivity index (χ1v) is 8.27. The molecular formula is C15H20ClFN4OS. The number of thioether (sulfide) groups is 1. The fraction of sp³-hybridized carbons (Fsp3) is 0.333. The third kappa shape index (κ3) is 5.23. The Labute approximate surface area is 145 Å². The number of halogens is 2. The number of amides is 1. The number of hydrogen-bond donors (Lipinski definition) is 2. The van der Waals surface area contributed by atoms with Gasteiger partial charge in [-0.2, -0.15) is 16.9 Å². The molecule has 0 aliphatic rings. The monoisotopic (exact) mass is 358 g/mol. The van der Waals surface area contributed by atoms with Crippen molar-refractivity contribution in [2.75, 3.05) is 17.3 Å². The minimum absolute atomic E-state index is 0. The third-order valence-electron chi connectivity index (χ3n) is 3.14. The Kier molecular flexibility index (Phi) is 7.54. The molecule has 0 unspecified atom stereocenters. The van der Waals surface area contributed by atoms with Gasteiger partial charge in [0.2, 0.25) is 5.91 Å². The number of anilines is 1. The van der Waals surface area contributed by atoms with Gasteiger partial charge in [-0.15, -0.1) is 12.4 Å². The van der Waals surface area contributed by atoms with Crippen molar-refractivity contribution in [3.63, 3.8) is 0 Å². The molecule has 0 spiro atoms. The first-order chi connectivity index (χ1) is 10.5. The molecule has 126 valence electrons. The maximum absolute atomic E-state index is 14.2. The molecule has 0 radical (unpaired) electrons. The van der Waals surface area contributed by atoms with Crippen LogP contribution in [0.25, 0.3) is 5.69 Å². The van der Waals surface area contributed by atoms with Gasteiger partial charge >= 0.3 is 0 Å². The quantitative estimate of drug-likeness (QED) is 0.832. The molecule has 1 aromatic heterocycles. The number of rotatable bonds is 6. The molecule has 2 rings (SSSR count). The zero-order valence-corrected chi connectivity index (χ0v) is 14.6. The lowest BCUT2D eigenvalue weighted by molar-refractivity contribution is -0.117. The van der Waals surface area contributed by atoms with Crippen molar-refractivity contribution in [3.05, 3.63) is 42.0 Å². The van der Waals surface area contributed by atoms with Gasteiger partial charge < -0.3 is 11.1 Å². The highest BCUT2D eigenvalue weighted by molar-refractivity contribution is 7.98. The molecule has 0 fully saturated rings. The molecule has 1 aromatic carbocycles. The molecule has 1 heterocycles. The number of aryl methyl sites for hydroxylation is 1. The molecule has 23 heavy (non-hydrogen) atoms. The van der Waals surface area contributed by atoms with Crippen LogP contribution in [-0.2, 0) is 4.79 Å². The number of carbonyl (C=O) groups is 1. The van der Waals surface area contributed by atoms with Gasteiger partial charge in [0, 0.05) is 11.9 Å². The van der Waals surface area contributed by atoms with Crippen molar-refractivity contribution in [2.24, 2.45) is 5.73 Å². The molecule has 8 heteroatoms. The van der Waals surface area contributed by atoms with E-state index in [1.165, 1.54) is 10.7 Å². The summed E-state index contributed by atoms with van der Waals surface area (Å²) in [5.41, 5.74) is 7.44. The van der Waals surface area contributed by atoms with E-state index in [0.29, 0.717) is 17.8 Å². The Bertz CT molecular complexity index is 665. The van der Waals surface area contributed by atoms with E-state index in [9.17, 15) is 9.18 Å². The predicted octanol–water partition coefficient (Wildman–Crippen LogP) is 2.76. The summed E-state index contributed by atoms with van der Waals surface area (Å²) < 4.78 is 15.6. The molecule has 0 bridgehead atoms. The highest BCUT2D eigenvalue weighted by atomic mass is 35.5. The second-order valence-electron chi connectivity index (χ2n) is 5.01. The smallest absolute Gasteiger partial charge is 0.241 e. The maximum Gasteiger partial charge on any atom is 0.241 e. The van der Waals surface area contributed by atoms with Crippen LogP contribution >= 0.6 is 24.2 Å². The van der Waals surface area contributed by atoms with Gasteiger partial charge in [-0.25, -0.2) is 9.07 Å². The second-order valence-corrected chi connectivity index (χ2v) is 5.99. The van der Waals surface area contributed by atoms with Crippen molar-refractivity contribution in [3.8, 4) is 5.69 Å². The molecule has 0 aliphatic heterocycles. The average molecular weight is 359 g/mol. The van der Waals surface area contributed by atoms with E-state index in [-0.39, 0.29) is 18.3 Å². The normalized spacial score (nSPS) is 11.7.